The third kappa shape index (κ3) is 8.06. The van der Waals surface area contributed by atoms with Crippen LogP contribution in [0.4, 0.5) is 5.95 Å². The van der Waals surface area contributed by atoms with Crippen molar-refractivity contribution in [2.24, 2.45) is 5.92 Å². The lowest BCUT2D eigenvalue weighted by Crippen LogP contribution is -2.37. The lowest BCUT2D eigenvalue weighted by molar-refractivity contribution is 0.0696. The summed E-state index contributed by atoms with van der Waals surface area (Å²) < 4.78 is 41.4. The Hall–Kier alpha value is -4.59. The van der Waals surface area contributed by atoms with Crippen LogP contribution in [0, 0.1) is 19.8 Å². The summed E-state index contributed by atoms with van der Waals surface area (Å²) in [6, 6.07) is 14.7. The van der Waals surface area contributed by atoms with Crippen molar-refractivity contribution in [3.05, 3.63) is 88.9 Å². The molecule has 0 saturated heterocycles. The van der Waals surface area contributed by atoms with Crippen molar-refractivity contribution >= 4 is 45.6 Å². The van der Waals surface area contributed by atoms with Crippen molar-refractivity contribution in [3.8, 4) is 17.1 Å². The van der Waals surface area contributed by atoms with Crippen molar-refractivity contribution < 1.29 is 27.5 Å². The highest BCUT2D eigenvalue weighted by Gasteiger charge is 2.28. The molecule has 3 heterocycles. The first-order valence-corrected chi connectivity index (χ1v) is 18.0. The van der Waals surface area contributed by atoms with Gasteiger partial charge in [0.1, 0.15) is 17.9 Å². The highest BCUT2D eigenvalue weighted by Crippen LogP contribution is 2.41. The summed E-state index contributed by atoms with van der Waals surface area (Å²) in [5.74, 6) is 0.812. The van der Waals surface area contributed by atoms with Crippen molar-refractivity contribution in [1.82, 2.24) is 25.3 Å². The SMILES string of the molecule is Cc1cccc(C)c1-c1cc(OC[C@@H](CC2CCC2)NCc2cnc3oc(C4CC4)cc3n2)nc(NS(=O)(=O)c2cccc(C(=O)O)c2)n1.Cl. The fourth-order valence-electron chi connectivity index (χ4n) is 6.18. The maximum atomic E-state index is 13.4. The number of rotatable bonds is 14. The second-order valence-corrected chi connectivity index (χ2v) is 14.7. The number of benzene rings is 2. The Morgan fingerprint density at radius 3 is 2.48 bits per heavy atom. The van der Waals surface area contributed by atoms with Crippen LogP contribution in [0.1, 0.15) is 77.4 Å². The van der Waals surface area contributed by atoms with Crippen molar-refractivity contribution in [3.63, 3.8) is 0 Å². The van der Waals surface area contributed by atoms with Gasteiger partial charge in [0, 0.05) is 36.2 Å². The van der Waals surface area contributed by atoms with E-state index in [1.807, 2.05) is 38.1 Å². The second kappa shape index (κ2) is 14.7. The first-order chi connectivity index (χ1) is 23.6. The minimum atomic E-state index is -4.23. The number of carboxylic acids is 1. The van der Waals surface area contributed by atoms with Gasteiger partial charge in [-0.15, -0.1) is 12.4 Å². The van der Waals surface area contributed by atoms with Crippen molar-refractivity contribution in [2.45, 2.75) is 75.8 Å². The summed E-state index contributed by atoms with van der Waals surface area (Å²) in [6.45, 7) is 4.69. The van der Waals surface area contributed by atoms with Gasteiger partial charge in [-0.05, 0) is 68.4 Å². The van der Waals surface area contributed by atoms with Gasteiger partial charge in [0.15, 0.2) is 0 Å². The number of carbonyl (C=O) groups is 1. The van der Waals surface area contributed by atoms with E-state index in [1.54, 1.807) is 12.3 Å². The van der Waals surface area contributed by atoms with Gasteiger partial charge >= 0.3 is 5.97 Å². The number of carboxylic acid groups (broad SMARTS) is 1. The van der Waals surface area contributed by atoms with E-state index < -0.39 is 16.0 Å². The molecule has 50 heavy (non-hydrogen) atoms. The molecule has 262 valence electrons. The molecular weight excluding hydrogens is 680 g/mol. The van der Waals surface area contributed by atoms with Gasteiger partial charge in [-0.25, -0.2) is 32.9 Å². The quantitative estimate of drug-likeness (QED) is 0.110. The Bertz CT molecular complexity index is 2110. The zero-order valence-corrected chi connectivity index (χ0v) is 29.4. The number of aromatic carboxylic acids is 1. The number of furan rings is 1. The standard InChI is InChI=1S/C36H38N6O6S.ClH/c1-21-6-3-7-22(2)33(21)29-17-32(41-36(40-29)42-49(45,46)28-11-5-10-25(15-28)35(43)44)47-20-26(14-23-8-4-9-23)37-18-27-19-38-34-30(39-27)16-31(48-34)24-12-13-24;/h3,5-7,10-11,15-17,19,23-24,26,37H,4,8-9,12-14,18,20H2,1-2H3,(H,43,44)(H,40,41,42);1H/t26-;/m1./s1. The lowest BCUT2D eigenvalue weighted by Gasteiger charge is -2.30. The Morgan fingerprint density at radius 2 is 1.78 bits per heavy atom. The first kappa shape index (κ1) is 35.2. The molecule has 0 aliphatic heterocycles. The van der Waals surface area contributed by atoms with Crippen molar-refractivity contribution in [2.75, 3.05) is 11.3 Å². The molecule has 2 saturated carbocycles. The molecule has 2 aromatic carbocycles. The van der Waals surface area contributed by atoms with Crippen LogP contribution in [0.5, 0.6) is 5.88 Å². The van der Waals surface area contributed by atoms with E-state index in [-0.39, 0.29) is 47.3 Å². The zero-order chi connectivity index (χ0) is 34.1. The monoisotopic (exact) mass is 718 g/mol. The van der Waals surface area contributed by atoms with Crippen LogP contribution >= 0.6 is 12.4 Å². The number of fused-ring (bicyclic) bond motifs is 1. The first-order valence-electron chi connectivity index (χ1n) is 16.5. The van der Waals surface area contributed by atoms with Gasteiger partial charge in [-0.3, -0.25) is 0 Å². The summed E-state index contributed by atoms with van der Waals surface area (Å²) in [5.41, 5.74) is 5.22. The van der Waals surface area contributed by atoms with Crippen LogP contribution in [-0.2, 0) is 16.6 Å². The molecule has 14 heteroatoms. The van der Waals surface area contributed by atoms with Crippen LogP contribution in [0.15, 0.2) is 70.1 Å². The number of hydrogen-bond donors (Lipinski definition) is 3. The Balaban J connectivity index is 0.00000432. The van der Waals surface area contributed by atoms with Gasteiger partial charge in [0.2, 0.25) is 17.5 Å². The van der Waals surface area contributed by atoms with Crippen molar-refractivity contribution in [1.29, 1.82) is 0 Å². The van der Waals surface area contributed by atoms with E-state index >= 15 is 0 Å². The van der Waals surface area contributed by atoms with E-state index in [1.165, 1.54) is 37.5 Å². The average molecular weight is 719 g/mol. The predicted molar refractivity (Wildman–Crippen MR) is 190 cm³/mol. The molecule has 3 N–H and O–H groups in total. The molecule has 0 amide bonds. The maximum absolute atomic E-state index is 13.4. The molecule has 3 aromatic heterocycles. The largest absolute Gasteiger partial charge is 0.478 e. The minimum absolute atomic E-state index is 0. The smallest absolute Gasteiger partial charge is 0.335 e. The van der Waals surface area contributed by atoms with E-state index in [0.717, 1.165) is 59.0 Å². The molecular formula is C36H39ClN6O6S. The van der Waals surface area contributed by atoms with Crippen LogP contribution in [0.2, 0.25) is 0 Å². The fourth-order valence-corrected chi connectivity index (χ4v) is 7.17. The second-order valence-electron chi connectivity index (χ2n) is 13.0. The Morgan fingerprint density at radius 1 is 1.02 bits per heavy atom. The molecule has 0 spiro atoms. The third-order valence-electron chi connectivity index (χ3n) is 9.19. The number of ether oxygens (including phenoxy) is 1. The van der Waals surface area contributed by atoms with Gasteiger partial charge < -0.3 is 19.6 Å². The minimum Gasteiger partial charge on any atom is -0.478 e. The molecule has 1 atom stereocenters. The summed E-state index contributed by atoms with van der Waals surface area (Å²) >= 11 is 0. The topological polar surface area (TPSA) is 169 Å². The molecule has 7 rings (SSSR count). The number of aromatic nitrogens is 4. The molecule has 0 unspecified atom stereocenters. The summed E-state index contributed by atoms with van der Waals surface area (Å²) in [4.78, 5) is 29.6. The van der Waals surface area contributed by atoms with E-state index in [9.17, 15) is 18.3 Å². The maximum Gasteiger partial charge on any atom is 0.335 e. The number of nitrogens with one attached hydrogen (secondary N) is 2. The Kier molecular flexibility index (Phi) is 10.4. The highest BCUT2D eigenvalue weighted by atomic mass is 35.5. The average Bonchev–Trinajstić information content (AvgIpc) is 3.82. The predicted octanol–water partition coefficient (Wildman–Crippen LogP) is 6.82. The number of nitrogens with zero attached hydrogens (tertiary/aromatic N) is 4. The van der Waals surface area contributed by atoms with Gasteiger partial charge in [-0.2, -0.15) is 4.98 Å². The summed E-state index contributed by atoms with van der Waals surface area (Å²) in [6.07, 6.45) is 8.48. The van der Waals surface area contributed by atoms with Crippen LogP contribution in [-0.4, -0.2) is 52.1 Å². The highest BCUT2D eigenvalue weighted by molar-refractivity contribution is 7.92. The van der Waals surface area contributed by atoms with E-state index in [2.05, 4.69) is 25.0 Å². The number of anilines is 1. The molecule has 5 aromatic rings. The molecule has 0 radical (unpaired) electrons. The molecule has 12 nitrogen and oxygen atoms in total. The van der Waals surface area contributed by atoms with E-state index in [0.29, 0.717) is 29.8 Å². The van der Waals surface area contributed by atoms with Gasteiger partial charge in [0.25, 0.3) is 10.0 Å². The summed E-state index contributed by atoms with van der Waals surface area (Å²) in [5, 5.41) is 13.0. The summed E-state index contributed by atoms with van der Waals surface area (Å²) in [7, 11) is -4.23. The number of aryl methyl sites for hydroxylation is 2. The zero-order valence-electron chi connectivity index (χ0n) is 27.8. The van der Waals surface area contributed by atoms with E-state index in [4.69, 9.17) is 14.1 Å². The fraction of sp³-hybridized carbons (Fsp3) is 0.361. The molecule has 2 aliphatic rings. The van der Waals surface area contributed by atoms with Crippen LogP contribution in [0.3, 0.4) is 0 Å². The lowest BCUT2D eigenvalue weighted by atomic mass is 9.81. The molecule has 2 fully saturated rings. The molecule has 2 aliphatic carbocycles. The number of halogens is 1. The Labute approximate surface area is 296 Å². The number of hydrogen-bond acceptors (Lipinski definition) is 10. The third-order valence-corrected chi connectivity index (χ3v) is 10.5. The van der Waals surface area contributed by atoms with Gasteiger partial charge in [-0.1, -0.05) is 43.5 Å². The van der Waals surface area contributed by atoms with Crippen LogP contribution < -0.4 is 14.8 Å². The molecule has 0 bridgehead atoms. The normalized spacial score (nSPS) is 15.2. The van der Waals surface area contributed by atoms with Gasteiger partial charge in [0.05, 0.1) is 28.0 Å². The number of sulfonamides is 1. The van der Waals surface area contributed by atoms with Crippen LogP contribution in [0.25, 0.3) is 22.5 Å².